The van der Waals surface area contributed by atoms with E-state index in [1.54, 1.807) is 18.5 Å². The Morgan fingerprint density at radius 1 is 0.581 bits per heavy atom. The lowest BCUT2D eigenvalue weighted by Crippen LogP contribution is -2.51. The summed E-state index contributed by atoms with van der Waals surface area (Å²) in [7, 11) is 0. The monoisotopic (exact) mass is 1020 g/mol. The molecule has 388 valence electrons. The van der Waals surface area contributed by atoms with Crippen molar-refractivity contribution >= 4 is 45.0 Å². The second kappa shape index (κ2) is 19.3. The van der Waals surface area contributed by atoms with Crippen LogP contribution in [0, 0.1) is 32.4 Å². The fourth-order valence-corrected chi connectivity index (χ4v) is 14.3. The Labute approximate surface area is 437 Å². The van der Waals surface area contributed by atoms with Gasteiger partial charge in [0.2, 0.25) is 0 Å². The molecule has 2 aromatic carbocycles. The number of nitrogens with zero attached hydrogens (tertiary/aromatic N) is 10. The summed E-state index contributed by atoms with van der Waals surface area (Å²) in [6, 6.07) is 13.6. The van der Waals surface area contributed by atoms with Crippen molar-refractivity contribution in [1.82, 2.24) is 50.3 Å². The van der Waals surface area contributed by atoms with Crippen molar-refractivity contribution in [2.75, 3.05) is 75.4 Å². The fraction of sp³-hybridized carbons (Fsp3) is 0.544. The first-order chi connectivity index (χ1) is 36.0. The minimum atomic E-state index is -0.462. The van der Waals surface area contributed by atoms with Crippen LogP contribution in [-0.4, -0.2) is 141 Å². The lowest BCUT2D eigenvalue weighted by atomic mass is 9.95. The Hall–Kier alpha value is -5.39. The van der Waals surface area contributed by atoms with Crippen molar-refractivity contribution in [3.8, 4) is 34.5 Å². The van der Waals surface area contributed by atoms with Gasteiger partial charge in [0.1, 0.15) is 47.3 Å². The number of anilines is 2. The first kappa shape index (κ1) is 48.3. The highest BCUT2D eigenvalue weighted by Crippen LogP contribution is 2.43. The zero-order chi connectivity index (χ0) is 50.3. The third-order valence-corrected chi connectivity index (χ3v) is 18.7. The molecule has 6 aromatic rings. The van der Waals surface area contributed by atoms with Crippen LogP contribution in [-0.2, 0) is 0 Å². The third kappa shape index (κ3) is 8.60. The Bertz CT molecular complexity index is 2890. The molecule has 0 aliphatic carbocycles. The smallest absolute Gasteiger partial charge is 0.319 e. The SMILES string of the molecule is Cc1c(Cl)cccc1-c1ncc2c(N3CC4CCC(C3)N4)nc(OCC34CCCN3CCC4)nc2c1F.Cc1cccc(-c2ncc3c(N4CC5CCC(C4)N5)nc(OCC45CCCN4CCC5)nc3c2F)c1C. The van der Waals surface area contributed by atoms with Crippen LogP contribution in [0.4, 0.5) is 20.4 Å². The lowest BCUT2D eigenvalue weighted by Gasteiger charge is -2.34. The number of ether oxygens (including phenoxy) is 2. The average Bonchev–Trinajstić information content (AvgIpc) is 4.28. The van der Waals surface area contributed by atoms with Crippen molar-refractivity contribution < 1.29 is 18.3 Å². The molecular formula is C57H67ClF2N12O2. The van der Waals surface area contributed by atoms with E-state index in [9.17, 15) is 0 Å². The molecule has 4 aromatic heterocycles. The molecule has 14 rings (SSSR count). The van der Waals surface area contributed by atoms with Gasteiger partial charge in [0.05, 0.1) is 21.9 Å². The summed E-state index contributed by atoms with van der Waals surface area (Å²) < 4.78 is 45.2. The molecule has 0 spiro atoms. The molecule has 0 saturated carbocycles. The number of piperazine rings is 2. The maximum absolute atomic E-state index is 16.3. The third-order valence-electron chi connectivity index (χ3n) is 18.3. The number of aromatic nitrogens is 6. The predicted octanol–water partition coefficient (Wildman–Crippen LogP) is 9.14. The van der Waals surface area contributed by atoms with Crippen LogP contribution >= 0.6 is 11.6 Å². The lowest BCUT2D eigenvalue weighted by molar-refractivity contribution is 0.108. The number of nitrogens with one attached hydrogen (secondary N) is 2. The quantitative estimate of drug-likeness (QED) is 0.135. The molecule has 4 atom stereocenters. The molecule has 4 bridgehead atoms. The summed E-state index contributed by atoms with van der Waals surface area (Å²) in [4.78, 5) is 38.0. The maximum Gasteiger partial charge on any atom is 0.319 e. The van der Waals surface area contributed by atoms with Crippen molar-refractivity contribution in [3.63, 3.8) is 0 Å². The number of hydrogen-bond acceptors (Lipinski definition) is 14. The van der Waals surface area contributed by atoms with Crippen LogP contribution in [0.1, 0.15) is 93.7 Å². The standard InChI is InChI=1S/C29H35FN6O.C28H32ClFN6O/c1-18-6-3-7-22(19(18)2)25-24(30)26-23(14-31-25)27(35-15-20-8-9-21(16-35)32-20)34-28(33-26)37-17-29-10-4-12-36(29)13-5-11-29;1-17-20(5-2-6-22(17)29)24-23(30)25-21(13-31-24)26(35-14-18-7-8-19(15-35)32-18)34-27(33-25)37-16-28-9-3-11-36(28)12-4-10-28/h3,6-7,14,20-21,32H,4-5,8-13,15-17H2,1-2H3;2,5-6,13,18-19,32H,3-4,7-12,14-16H2,1H3. The molecule has 8 saturated heterocycles. The number of halogens is 3. The Kier molecular flexibility index (Phi) is 12.6. The fourth-order valence-electron chi connectivity index (χ4n) is 14.2. The van der Waals surface area contributed by atoms with Crippen LogP contribution in [0.2, 0.25) is 5.02 Å². The van der Waals surface area contributed by atoms with E-state index in [0.29, 0.717) is 75.8 Å². The molecule has 74 heavy (non-hydrogen) atoms. The molecule has 8 aliphatic rings. The zero-order valence-electron chi connectivity index (χ0n) is 42.9. The minimum absolute atomic E-state index is 0.0620. The largest absolute Gasteiger partial charge is 0.461 e. The van der Waals surface area contributed by atoms with E-state index in [4.69, 9.17) is 31.0 Å². The van der Waals surface area contributed by atoms with E-state index in [0.717, 1.165) is 132 Å². The van der Waals surface area contributed by atoms with Crippen LogP contribution in [0.25, 0.3) is 44.3 Å². The number of pyridine rings is 2. The molecule has 12 heterocycles. The molecule has 4 unspecified atom stereocenters. The van der Waals surface area contributed by atoms with E-state index in [1.807, 2.05) is 51.1 Å². The van der Waals surface area contributed by atoms with Gasteiger partial charge in [-0.25, -0.2) is 8.78 Å². The van der Waals surface area contributed by atoms with Crippen molar-refractivity contribution in [3.05, 3.63) is 82.1 Å². The first-order valence-electron chi connectivity index (χ1n) is 27.3. The number of fused-ring (bicyclic) bond motifs is 8. The van der Waals surface area contributed by atoms with Crippen LogP contribution in [0.15, 0.2) is 48.8 Å². The van der Waals surface area contributed by atoms with Crippen LogP contribution in [0.5, 0.6) is 12.0 Å². The Morgan fingerprint density at radius 2 is 1.00 bits per heavy atom. The van der Waals surface area contributed by atoms with E-state index in [1.165, 1.54) is 25.7 Å². The van der Waals surface area contributed by atoms with Gasteiger partial charge < -0.3 is 29.9 Å². The predicted molar refractivity (Wildman–Crippen MR) is 286 cm³/mol. The number of hydrogen-bond donors (Lipinski definition) is 2. The van der Waals surface area contributed by atoms with Crippen LogP contribution in [0.3, 0.4) is 0 Å². The van der Waals surface area contributed by atoms with Gasteiger partial charge in [0.15, 0.2) is 11.6 Å². The summed E-state index contributed by atoms with van der Waals surface area (Å²) in [5.41, 5.74) is 5.67. The van der Waals surface area contributed by atoms with E-state index < -0.39 is 11.6 Å². The highest BCUT2D eigenvalue weighted by molar-refractivity contribution is 6.31. The molecule has 0 amide bonds. The second-order valence-electron chi connectivity index (χ2n) is 22.7. The van der Waals surface area contributed by atoms with Gasteiger partial charge in [0, 0.05) is 78.9 Å². The van der Waals surface area contributed by atoms with Gasteiger partial charge in [-0.2, -0.15) is 19.9 Å². The van der Waals surface area contributed by atoms with Crippen molar-refractivity contribution in [2.45, 2.75) is 133 Å². The summed E-state index contributed by atoms with van der Waals surface area (Å²) in [5, 5.41) is 9.21. The topological polar surface area (TPSA) is 133 Å². The minimum Gasteiger partial charge on any atom is -0.461 e. The number of aryl methyl sites for hydroxylation is 1. The van der Waals surface area contributed by atoms with Gasteiger partial charge in [-0.05, 0) is 147 Å². The van der Waals surface area contributed by atoms with E-state index in [-0.39, 0.29) is 34.3 Å². The highest BCUT2D eigenvalue weighted by Gasteiger charge is 2.46. The van der Waals surface area contributed by atoms with E-state index in [2.05, 4.69) is 50.2 Å². The zero-order valence-corrected chi connectivity index (χ0v) is 43.7. The molecule has 2 N–H and O–H groups in total. The molecule has 17 heteroatoms. The summed E-state index contributed by atoms with van der Waals surface area (Å²) >= 11 is 6.35. The molecule has 14 nitrogen and oxygen atoms in total. The van der Waals surface area contributed by atoms with Gasteiger partial charge in [-0.3, -0.25) is 19.8 Å². The van der Waals surface area contributed by atoms with Crippen LogP contribution < -0.4 is 29.9 Å². The molecule has 8 aliphatic heterocycles. The Morgan fingerprint density at radius 3 is 1.45 bits per heavy atom. The van der Waals surface area contributed by atoms with Gasteiger partial charge >= 0.3 is 12.0 Å². The second-order valence-corrected chi connectivity index (χ2v) is 23.1. The Balaban J connectivity index is 0.000000143. The van der Waals surface area contributed by atoms with Gasteiger partial charge in [-0.15, -0.1) is 0 Å². The molecule has 0 radical (unpaired) electrons. The highest BCUT2D eigenvalue weighted by atomic mass is 35.5. The summed E-state index contributed by atoms with van der Waals surface area (Å²) in [6.07, 6.45) is 17.4. The number of rotatable bonds is 10. The first-order valence-corrected chi connectivity index (χ1v) is 27.7. The summed E-state index contributed by atoms with van der Waals surface area (Å²) in [5.74, 6) is 0.589. The number of benzene rings is 2. The van der Waals surface area contributed by atoms with E-state index >= 15 is 8.78 Å². The maximum atomic E-state index is 16.3. The normalized spacial score (nSPS) is 24.7. The molecular weight excluding hydrogens is 958 g/mol. The summed E-state index contributed by atoms with van der Waals surface area (Å²) in [6.45, 7) is 14.9. The average molecular weight is 1030 g/mol. The van der Waals surface area contributed by atoms with Crippen molar-refractivity contribution in [1.29, 1.82) is 0 Å². The van der Waals surface area contributed by atoms with Gasteiger partial charge in [-0.1, -0.05) is 41.9 Å². The molecule has 8 fully saturated rings. The van der Waals surface area contributed by atoms with Crippen molar-refractivity contribution in [2.24, 2.45) is 0 Å². The van der Waals surface area contributed by atoms with Gasteiger partial charge in [0.25, 0.3) is 0 Å².